The molecule has 6 heteroatoms. The van der Waals surface area contributed by atoms with E-state index in [9.17, 15) is 4.79 Å². The van der Waals surface area contributed by atoms with Crippen molar-refractivity contribution in [1.29, 1.82) is 0 Å². The third-order valence-electron chi connectivity index (χ3n) is 2.61. The normalized spacial score (nSPS) is 20.8. The Labute approximate surface area is 109 Å². The average Bonchev–Trinajstić information content (AvgIpc) is 2.34. The van der Waals surface area contributed by atoms with Gasteiger partial charge in [-0.15, -0.1) is 0 Å². The van der Waals surface area contributed by atoms with E-state index in [0.717, 1.165) is 0 Å². The third kappa shape index (κ3) is 2.55. The molecule has 1 atom stereocenters. The van der Waals surface area contributed by atoms with E-state index in [1.54, 1.807) is 23.1 Å². The van der Waals surface area contributed by atoms with Gasteiger partial charge in [-0.1, -0.05) is 29.3 Å². The van der Waals surface area contributed by atoms with Crippen LogP contribution in [0.25, 0.3) is 0 Å². The number of anilines is 1. The summed E-state index contributed by atoms with van der Waals surface area (Å²) in [5.74, 6) is -0.140. The van der Waals surface area contributed by atoms with Gasteiger partial charge in [0.2, 0.25) is 0 Å². The maximum absolute atomic E-state index is 11.8. The van der Waals surface area contributed by atoms with Gasteiger partial charge in [-0.3, -0.25) is 4.79 Å². The van der Waals surface area contributed by atoms with Crippen molar-refractivity contribution >= 4 is 34.8 Å². The summed E-state index contributed by atoms with van der Waals surface area (Å²) in [6.45, 7) is 0.780. The number of halogens is 2. The van der Waals surface area contributed by atoms with Gasteiger partial charge in [0.25, 0.3) is 5.91 Å². The lowest BCUT2D eigenvalue weighted by Crippen LogP contribution is -2.49. The predicted octanol–water partition coefficient (Wildman–Crippen LogP) is 1.68. The van der Waals surface area contributed by atoms with Crippen molar-refractivity contribution in [2.75, 3.05) is 24.6 Å². The van der Waals surface area contributed by atoms with Crippen molar-refractivity contribution in [3.8, 4) is 0 Å². The summed E-state index contributed by atoms with van der Waals surface area (Å²) in [4.78, 5) is 13.3. The number of amides is 1. The first-order valence-corrected chi connectivity index (χ1v) is 5.95. The highest BCUT2D eigenvalue weighted by atomic mass is 35.5. The lowest BCUT2D eigenvalue weighted by molar-refractivity contribution is -0.128. The molecular weight excluding hydrogens is 263 g/mol. The van der Waals surface area contributed by atoms with Crippen molar-refractivity contribution in [2.45, 2.75) is 6.10 Å². The molecule has 2 N–H and O–H groups in total. The summed E-state index contributed by atoms with van der Waals surface area (Å²) in [6.07, 6.45) is -0.164. The summed E-state index contributed by atoms with van der Waals surface area (Å²) in [5.41, 5.74) is 6.14. The highest BCUT2D eigenvalue weighted by Crippen LogP contribution is 2.33. The van der Waals surface area contributed by atoms with Crippen LogP contribution in [0.2, 0.25) is 10.0 Å². The molecule has 1 amide bonds. The molecule has 0 spiro atoms. The van der Waals surface area contributed by atoms with Crippen molar-refractivity contribution in [1.82, 2.24) is 0 Å². The maximum atomic E-state index is 11.8. The van der Waals surface area contributed by atoms with Crippen LogP contribution in [-0.4, -0.2) is 31.7 Å². The zero-order chi connectivity index (χ0) is 12.4. The molecule has 0 saturated carbocycles. The van der Waals surface area contributed by atoms with Crippen molar-refractivity contribution < 1.29 is 9.53 Å². The van der Waals surface area contributed by atoms with Crippen LogP contribution in [0.15, 0.2) is 18.2 Å². The number of hydrogen-bond acceptors (Lipinski definition) is 3. The number of ether oxygens (including phenoxy) is 1. The number of carbonyl (C=O) groups excluding carboxylic acids is 1. The molecule has 1 aromatic carbocycles. The Balaban J connectivity index is 2.31. The number of nitrogens with zero attached hydrogens (tertiary/aromatic N) is 1. The van der Waals surface area contributed by atoms with Crippen molar-refractivity contribution in [2.24, 2.45) is 5.73 Å². The summed E-state index contributed by atoms with van der Waals surface area (Å²) < 4.78 is 5.27. The molecule has 17 heavy (non-hydrogen) atoms. The minimum absolute atomic E-state index is 0.0186. The quantitative estimate of drug-likeness (QED) is 0.893. The Morgan fingerprint density at radius 3 is 2.94 bits per heavy atom. The average molecular weight is 275 g/mol. The fourth-order valence-corrected chi connectivity index (χ4v) is 2.10. The molecular formula is C11H12Cl2N2O2. The number of nitrogens with two attached hydrogens (primary N) is 1. The SMILES string of the molecule is NCC1CN(c2cccc(Cl)c2Cl)C(=O)CO1. The first-order valence-electron chi connectivity index (χ1n) is 5.19. The molecule has 1 fully saturated rings. The number of hydrogen-bond donors (Lipinski definition) is 1. The van der Waals surface area contributed by atoms with Crippen molar-refractivity contribution in [3.05, 3.63) is 28.2 Å². The second-order valence-corrected chi connectivity index (χ2v) is 4.53. The van der Waals surface area contributed by atoms with Crippen LogP contribution in [0.1, 0.15) is 0 Å². The van der Waals surface area contributed by atoms with Crippen LogP contribution < -0.4 is 10.6 Å². The fourth-order valence-electron chi connectivity index (χ4n) is 1.70. The lowest BCUT2D eigenvalue weighted by atomic mass is 10.2. The molecule has 0 bridgehead atoms. The van der Waals surface area contributed by atoms with Gasteiger partial charge in [0.05, 0.1) is 28.4 Å². The Morgan fingerprint density at radius 1 is 1.47 bits per heavy atom. The van der Waals surface area contributed by atoms with Crippen LogP contribution in [-0.2, 0) is 9.53 Å². The summed E-state index contributed by atoms with van der Waals surface area (Å²) >= 11 is 12.0. The molecule has 1 unspecified atom stereocenters. The van der Waals surface area contributed by atoms with Crippen LogP contribution in [0.4, 0.5) is 5.69 Å². The Morgan fingerprint density at radius 2 is 2.24 bits per heavy atom. The molecule has 2 rings (SSSR count). The zero-order valence-electron chi connectivity index (χ0n) is 9.03. The molecule has 1 aliphatic rings. The van der Waals surface area contributed by atoms with Crippen LogP contribution >= 0.6 is 23.2 Å². The highest BCUT2D eigenvalue weighted by Gasteiger charge is 2.28. The number of morpholine rings is 1. The van der Waals surface area contributed by atoms with E-state index in [2.05, 4.69) is 0 Å². The molecule has 1 heterocycles. The Kier molecular flexibility index (Phi) is 3.89. The van der Waals surface area contributed by atoms with E-state index < -0.39 is 0 Å². The van der Waals surface area contributed by atoms with Gasteiger partial charge < -0.3 is 15.4 Å². The molecule has 0 aliphatic carbocycles. The molecule has 4 nitrogen and oxygen atoms in total. The molecule has 1 saturated heterocycles. The van der Waals surface area contributed by atoms with Crippen LogP contribution in [0.3, 0.4) is 0 Å². The predicted molar refractivity (Wildman–Crippen MR) is 67.6 cm³/mol. The smallest absolute Gasteiger partial charge is 0.253 e. The summed E-state index contributed by atoms with van der Waals surface area (Å²) in [5, 5.41) is 0.799. The summed E-state index contributed by atoms with van der Waals surface area (Å²) in [7, 11) is 0. The van der Waals surface area contributed by atoms with Gasteiger partial charge >= 0.3 is 0 Å². The van der Waals surface area contributed by atoms with Crippen molar-refractivity contribution in [3.63, 3.8) is 0 Å². The molecule has 0 aromatic heterocycles. The van der Waals surface area contributed by atoms with Gasteiger partial charge in [-0.05, 0) is 12.1 Å². The Bertz CT molecular complexity index is 439. The van der Waals surface area contributed by atoms with E-state index >= 15 is 0 Å². The monoisotopic (exact) mass is 274 g/mol. The zero-order valence-corrected chi connectivity index (χ0v) is 10.5. The first-order chi connectivity index (χ1) is 8.13. The first kappa shape index (κ1) is 12.6. The minimum Gasteiger partial charge on any atom is -0.365 e. The van der Waals surface area contributed by atoms with Gasteiger partial charge in [-0.25, -0.2) is 0 Å². The van der Waals surface area contributed by atoms with Gasteiger partial charge in [0, 0.05) is 6.54 Å². The number of carbonyl (C=O) groups is 1. The topological polar surface area (TPSA) is 55.6 Å². The molecule has 1 aromatic rings. The molecule has 92 valence electrons. The fraction of sp³-hybridized carbons (Fsp3) is 0.364. The third-order valence-corrected chi connectivity index (χ3v) is 3.42. The van der Waals surface area contributed by atoms with E-state index in [0.29, 0.717) is 28.8 Å². The second kappa shape index (κ2) is 5.23. The largest absolute Gasteiger partial charge is 0.365 e. The van der Waals surface area contributed by atoms with Crippen LogP contribution in [0.5, 0.6) is 0 Å². The minimum atomic E-state index is -0.164. The Hall–Kier alpha value is -0.810. The van der Waals surface area contributed by atoms with Crippen LogP contribution in [0, 0.1) is 0 Å². The number of benzene rings is 1. The van der Waals surface area contributed by atoms with E-state index in [1.165, 1.54) is 0 Å². The second-order valence-electron chi connectivity index (χ2n) is 3.75. The van der Waals surface area contributed by atoms with Gasteiger partial charge in [0.1, 0.15) is 6.61 Å². The maximum Gasteiger partial charge on any atom is 0.253 e. The molecule has 0 radical (unpaired) electrons. The molecule has 1 aliphatic heterocycles. The van der Waals surface area contributed by atoms with E-state index in [-0.39, 0.29) is 18.6 Å². The summed E-state index contributed by atoms with van der Waals surface area (Å²) in [6, 6.07) is 5.19. The van der Waals surface area contributed by atoms with E-state index in [4.69, 9.17) is 33.7 Å². The van der Waals surface area contributed by atoms with Gasteiger partial charge in [0.15, 0.2) is 0 Å². The lowest BCUT2D eigenvalue weighted by Gasteiger charge is -2.32. The standard InChI is InChI=1S/C11H12Cl2N2O2/c12-8-2-1-3-9(11(8)13)15-5-7(4-14)17-6-10(15)16/h1-3,7H,4-6,14H2. The van der Waals surface area contributed by atoms with Gasteiger partial charge in [-0.2, -0.15) is 0 Å². The van der Waals surface area contributed by atoms with E-state index in [1.807, 2.05) is 0 Å². The number of rotatable bonds is 2. The highest BCUT2D eigenvalue weighted by molar-refractivity contribution is 6.44.